The van der Waals surface area contributed by atoms with Crippen molar-refractivity contribution >= 4 is 21.9 Å². The van der Waals surface area contributed by atoms with Crippen LogP contribution in [0.3, 0.4) is 0 Å². The number of nitrogens with zero attached hydrogens (tertiary/aromatic N) is 2. The third-order valence-corrected chi connectivity index (χ3v) is 4.59. The Balaban J connectivity index is 1.84. The van der Waals surface area contributed by atoms with E-state index in [4.69, 9.17) is 9.40 Å². The summed E-state index contributed by atoms with van der Waals surface area (Å²) in [7, 11) is 2.01. The van der Waals surface area contributed by atoms with Gasteiger partial charge in [-0.05, 0) is 24.3 Å². The number of hydrogen-bond acceptors (Lipinski definition) is 3. The molecule has 1 aromatic heterocycles. The highest BCUT2D eigenvalue weighted by Crippen LogP contribution is 2.31. The van der Waals surface area contributed by atoms with Gasteiger partial charge in [-0.1, -0.05) is 30.3 Å². The zero-order chi connectivity index (χ0) is 17.0. The lowest BCUT2D eigenvalue weighted by atomic mass is 10.0. The van der Waals surface area contributed by atoms with E-state index in [2.05, 4.69) is 10.6 Å². The molecule has 2 heterocycles. The van der Waals surface area contributed by atoms with E-state index in [0.29, 0.717) is 22.4 Å². The molecule has 0 saturated carbocycles. The average Bonchev–Trinajstić information content (AvgIpc) is 3.06. The topological polar surface area (TPSA) is 48.0 Å². The van der Waals surface area contributed by atoms with Gasteiger partial charge in [-0.25, -0.2) is 4.98 Å². The van der Waals surface area contributed by atoms with Crippen LogP contribution < -0.4 is 5.43 Å². The van der Waals surface area contributed by atoms with E-state index < -0.39 is 0 Å². The van der Waals surface area contributed by atoms with Crippen molar-refractivity contribution in [2.24, 2.45) is 7.05 Å². The highest BCUT2D eigenvalue weighted by atomic mass is 16.3. The molecule has 2 aromatic carbocycles. The summed E-state index contributed by atoms with van der Waals surface area (Å²) < 4.78 is 8.10. The lowest BCUT2D eigenvalue weighted by molar-refractivity contribution is 0.614. The molecule has 0 bridgehead atoms. The molecule has 120 valence electrons. The largest absolute Gasteiger partial charge is 0.453 e. The third-order valence-electron chi connectivity index (χ3n) is 4.59. The fourth-order valence-electron chi connectivity index (χ4n) is 3.34. The third kappa shape index (κ3) is 2.08. The van der Waals surface area contributed by atoms with Crippen molar-refractivity contribution < 1.29 is 4.42 Å². The molecule has 1 aliphatic carbocycles. The van der Waals surface area contributed by atoms with Gasteiger partial charge in [-0.3, -0.25) is 4.79 Å². The van der Waals surface area contributed by atoms with Gasteiger partial charge in [0.2, 0.25) is 0 Å². The molecule has 0 radical (unpaired) electrons. The van der Waals surface area contributed by atoms with E-state index >= 15 is 0 Å². The monoisotopic (exact) mass is 326 g/mol. The predicted octanol–water partition coefficient (Wildman–Crippen LogP) is 4.45. The van der Waals surface area contributed by atoms with Crippen molar-refractivity contribution in [3.63, 3.8) is 0 Å². The smallest absolute Gasteiger partial charge is 0.190 e. The van der Waals surface area contributed by atoms with Crippen LogP contribution in [0.2, 0.25) is 0 Å². The van der Waals surface area contributed by atoms with Gasteiger partial charge in [-0.2, -0.15) is 0 Å². The van der Waals surface area contributed by atoms with Crippen LogP contribution in [-0.4, -0.2) is 9.55 Å². The molecule has 0 atom stereocenters. The number of hydrogen-bond donors (Lipinski definition) is 0. The average molecular weight is 326 g/mol. The molecular formula is C21H14N2O2. The van der Waals surface area contributed by atoms with Gasteiger partial charge in [0, 0.05) is 41.3 Å². The molecule has 0 amide bonds. The molecule has 1 aliphatic heterocycles. The summed E-state index contributed by atoms with van der Waals surface area (Å²) >= 11 is 0. The Labute approximate surface area is 143 Å². The Morgan fingerprint density at radius 2 is 1.80 bits per heavy atom. The second kappa shape index (κ2) is 5.05. The molecule has 0 fully saturated rings. The number of fused-ring (bicyclic) bond motifs is 4. The minimum absolute atomic E-state index is 0.0495. The molecule has 4 nitrogen and oxygen atoms in total. The second-order valence-electron chi connectivity index (χ2n) is 6.17. The van der Waals surface area contributed by atoms with Crippen LogP contribution in [0.25, 0.3) is 44.6 Å². The first-order valence-corrected chi connectivity index (χ1v) is 8.09. The van der Waals surface area contributed by atoms with Crippen molar-refractivity contribution in [3.8, 4) is 22.7 Å². The molecule has 0 unspecified atom stereocenters. The molecule has 25 heavy (non-hydrogen) atoms. The molecule has 2 aliphatic rings. The summed E-state index contributed by atoms with van der Waals surface area (Å²) in [4.78, 5) is 17.1. The van der Waals surface area contributed by atoms with Crippen LogP contribution in [0.1, 0.15) is 0 Å². The van der Waals surface area contributed by atoms with Crippen LogP contribution in [0, 0.1) is 0 Å². The summed E-state index contributed by atoms with van der Waals surface area (Å²) in [5.41, 5.74) is 4.25. The zero-order valence-electron chi connectivity index (χ0n) is 13.6. The standard InChI is InChI=1S/C21H14N2O2/c1-23-10-4-7-17(23)13-8-9-16-19(11-13)25-20-12-18(24)14-5-2-3-6-15(14)21(20)22-16/h2-12H,1H3. The van der Waals surface area contributed by atoms with Gasteiger partial charge in [0.25, 0.3) is 0 Å². The van der Waals surface area contributed by atoms with Crippen LogP contribution in [0.4, 0.5) is 0 Å². The Hall–Kier alpha value is -3.40. The van der Waals surface area contributed by atoms with Crippen LogP contribution in [0.15, 0.2) is 76.1 Å². The Morgan fingerprint density at radius 3 is 2.60 bits per heavy atom. The van der Waals surface area contributed by atoms with E-state index in [0.717, 1.165) is 22.2 Å². The van der Waals surface area contributed by atoms with E-state index in [1.165, 1.54) is 6.07 Å². The van der Waals surface area contributed by atoms with Gasteiger partial charge in [0.15, 0.2) is 16.8 Å². The van der Waals surface area contributed by atoms with Crippen molar-refractivity contribution in [3.05, 3.63) is 77.1 Å². The fraction of sp³-hybridized carbons (Fsp3) is 0.0476. The second-order valence-corrected chi connectivity index (χ2v) is 6.17. The van der Waals surface area contributed by atoms with Crippen LogP contribution >= 0.6 is 0 Å². The highest BCUT2D eigenvalue weighted by molar-refractivity contribution is 5.96. The van der Waals surface area contributed by atoms with Crippen molar-refractivity contribution in [1.82, 2.24) is 9.55 Å². The van der Waals surface area contributed by atoms with Crippen LogP contribution in [-0.2, 0) is 7.05 Å². The first kappa shape index (κ1) is 14.0. The molecule has 3 aromatic rings. The number of aromatic nitrogens is 2. The summed E-state index contributed by atoms with van der Waals surface area (Å²) in [5, 5.41) is 1.49. The van der Waals surface area contributed by atoms with E-state index in [1.807, 2.05) is 61.8 Å². The number of rotatable bonds is 1. The summed E-state index contributed by atoms with van der Waals surface area (Å²) in [6, 6.07) is 19.1. The van der Waals surface area contributed by atoms with E-state index in [-0.39, 0.29) is 5.43 Å². The molecule has 4 heteroatoms. The minimum Gasteiger partial charge on any atom is -0.453 e. The quantitative estimate of drug-likeness (QED) is 0.338. The molecular weight excluding hydrogens is 312 g/mol. The maximum Gasteiger partial charge on any atom is 0.190 e. The predicted molar refractivity (Wildman–Crippen MR) is 98.8 cm³/mol. The van der Waals surface area contributed by atoms with Crippen molar-refractivity contribution in [1.29, 1.82) is 0 Å². The SMILES string of the molecule is Cn1cccc1-c1ccc2nc3c4ccccc4c(=O)cc-3oc2c1. The van der Waals surface area contributed by atoms with Gasteiger partial charge < -0.3 is 8.98 Å². The Bertz CT molecular complexity index is 1280. The molecule has 0 spiro atoms. The highest BCUT2D eigenvalue weighted by Gasteiger charge is 2.15. The van der Waals surface area contributed by atoms with Gasteiger partial charge in [-0.15, -0.1) is 0 Å². The molecule has 0 saturated heterocycles. The normalized spacial score (nSPS) is 11.6. The summed E-state index contributed by atoms with van der Waals surface area (Å²) in [5.74, 6) is 0.514. The van der Waals surface area contributed by atoms with Crippen LogP contribution in [0.5, 0.6) is 0 Å². The van der Waals surface area contributed by atoms with E-state index in [1.54, 1.807) is 0 Å². The van der Waals surface area contributed by atoms with Gasteiger partial charge in [0.05, 0.1) is 0 Å². The summed E-state index contributed by atoms with van der Waals surface area (Å²) in [6.07, 6.45) is 2.01. The van der Waals surface area contributed by atoms with Crippen molar-refractivity contribution in [2.75, 3.05) is 0 Å². The summed E-state index contributed by atoms with van der Waals surface area (Å²) in [6.45, 7) is 0. The zero-order valence-corrected chi connectivity index (χ0v) is 13.6. The molecule has 5 rings (SSSR count). The minimum atomic E-state index is -0.0495. The number of aryl methyl sites for hydroxylation is 1. The lowest BCUT2D eigenvalue weighted by Gasteiger charge is -2.10. The van der Waals surface area contributed by atoms with Crippen molar-refractivity contribution in [2.45, 2.75) is 0 Å². The Kier molecular flexibility index (Phi) is 2.82. The van der Waals surface area contributed by atoms with Gasteiger partial charge in [0.1, 0.15) is 11.2 Å². The maximum atomic E-state index is 12.3. The maximum absolute atomic E-state index is 12.3. The number of benzene rings is 3. The Morgan fingerprint density at radius 1 is 0.960 bits per heavy atom. The lowest BCUT2D eigenvalue weighted by Crippen LogP contribution is -2.03. The fourth-order valence-corrected chi connectivity index (χ4v) is 3.34. The molecule has 0 N–H and O–H groups in total. The van der Waals surface area contributed by atoms with E-state index in [9.17, 15) is 4.79 Å². The van der Waals surface area contributed by atoms with Gasteiger partial charge >= 0.3 is 0 Å². The first-order valence-electron chi connectivity index (χ1n) is 8.09. The first-order chi connectivity index (χ1) is 12.2.